The predicted octanol–water partition coefficient (Wildman–Crippen LogP) is 2.81. The second-order valence-electron chi connectivity index (χ2n) is 5.41. The highest BCUT2D eigenvalue weighted by atomic mass is 32.1. The van der Waals surface area contributed by atoms with Crippen LogP contribution in [0, 0.1) is 11.8 Å². The summed E-state index contributed by atoms with van der Waals surface area (Å²) >= 11 is 1.03. The molecule has 1 saturated carbocycles. The van der Waals surface area contributed by atoms with Crippen LogP contribution in [0.4, 0.5) is 13.2 Å². The fraction of sp³-hybridized carbons (Fsp3) is 0.692. The van der Waals surface area contributed by atoms with Crippen molar-refractivity contribution in [1.82, 2.24) is 10.3 Å². The predicted molar refractivity (Wildman–Crippen MR) is 72.9 cm³/mol. The zero-order valence-corrected chi connectivity index (χ0v) is 12.1. The van der Waals surface area contributed by atoms with E-state index >= 15 is 0 Å². The van der Waals surface area contributed by atoms with Gasteiger partial charge in [-0.1, -0.05) is 11.3 Å². The third-order valence-electron chi connectivity index (χ3n) is 3.83. The molecule has 1 aliphatic rings. The van der Waals surface area contributed by atoms with Crippen LogP contribution < -0.4 is 10.2 Å². The summed E-state index contributed by atoms with van der Waals surface area (Å²) in [6.07, 6.45) is -2.77. The molecule has 0 bridgehead atoms. The Bertz CT molecular complexity index is 530. The van der Waals surface area contributed by atoms with Crippen molar-refractivity contribution in [2.75, 3.05) is 0 Å². The Kier molecular flexibility index (Phi) is 5.08. The molecule has 4 nitrogen and oxygen atoms in total. The number of carbonyl (C=O) groups is 1. The van der Waals surface area contributed by atoms with E-state index in [1.54, 1.807) is 5.38 Å². The molecular formula is C13H17F3N2O2S. The molecule has 2 N–H and O–H groups in total. The van der Waals surface area contributed by atoms with Crippen molar-refractivity contribution in [3.8, 4) is 0 Å². The van der Waals surface area contributed by atoms with Crippen molar-refractivity contribution in [2.45, 2.75) is 44.8 Å². The number of alkyl halides is 3. The number of aromatic nitrogens is 1. The molecule has 1 aromatic rings. The van der Waals surface area contributed by atoms with E-state index in [9.17, 15) is 22.8 Å². The third-order valence-corrected chi connectivity index (χ3v) is 4.55. The monoisotopic (exact) mass is 322 g/mol. The van der Waals surface area contributed by atoms with Gasteiger partial charge in [-0.2, -0.15) is 13.2 Å². The Morgan fingerprint density at radius 1 is 1.33 bits per heavy atom. The second kappa shape index (κ2) is 6.64. The van der Waals surface area contributed by atoms with Crippen LogP contribution in [0.3, 0.4) is 0 Å². The van der Waals surface area contributed by atoms with Crippen molar-refractivity contribution in [2.24, 2.45) is 11.8 Å². The summed E-state index contributed by atoms with van der Waals surface area (Å²) in [4.78, 5) is 25.1. The third kappa shape index (κ3) is 4.87. The molecule has 0 spiro atoms. The molecule has 1 heterocycles. The van der Waals surface area contributed by atoms with Gasteiger partial charge in [0.25, 0.3) is 0 Å². The first kappa shape index (κ1) is 16.1. The maximum atomic E-state index is 12.5. The van der Waals surface area contributed by atoms with E-state index in [0.717, 1.165) is 11.3 Å². The van der Waals surface area contributed by atoms with Gasteiger partial charge >= 0.3 is 11.0 Å². The highest BCUT2D eigenvalue weighted by Crippen LogP contribution is 2.40. The maximum absolute atomic E-state index is 12.5. The summed E-state index contributed by atoms with van der Waals surface area (Å²) in [6.45, 7) is 0.246. The number of hydrogen-bond donors (Lipinski definition) is 2. The number of aromatic amines is 1. The molecule has 0 unspecified atom stereocenters. The average molecular weight is 322 g/mol. The van der Waals surface area contributed by atoms with Crippen molar-refractivity contribution < 1.29 is 18.0 Å². The van der Waals surface area contributed by atoms with E-state index in [4.69, 9.17) is 0 Å². The highest BCUT2D eigenvalue weighted by Gasteiger charge is 2.41. The van der Waals surface area contributed by atoms with E-state index in [-0.39, 0.29) is 42.5 Å². The molecule has 0 atom stereocenters. The van der Waals surface area contributed by atoms with Crippen molar-refractivity contribution in [3.63, 3.8) is 0 Å². The molecule has 1 amide bonds. The van der Waals surface area contributed by atoms with E-state index in [1.807, 2.05) is 0 Å². The number of thiazole rings is 1. The fourth-order valence-corrected chi connectivity index (χ4v) is 3.20. The Hall–Kier alpha value is -1.31. The topological polar surface area (TPSA) is 62.0 Å². The van der Waals surface area contributed by atoms with Gasteiger partial charge in [0.15, 0.2) is 0 Å². The minimum Gasteiger partial charge on any atom is -0.350 e. The van der Waals surface area contributed by atoms with Gasteiger partial charge in [0.2, 0.25) is 5.91 Å². The Morgan fingerprint density at radius 3 is 2.52 bits per heavy atom. The Morgan fingerprint density at radius 2 is 2.00 bits per heavy atom. The number of H-pyrrole nitrogens is 1. The molecule has 8 heteroatoms. The van der Waals surface area contributed by atoms with Crippen LogP contribution in [0.5, 0.6) is 0 Å². The number of nitrogens with one attached hydrogen (secondary N) is 2. The summed E-state index contributed by atoms with van der Waals surface area (Å²) in [6, 6.07) is 0. The van der Waals surface area contributed by atoms with Gasteiger partial charge in [0.05, 0.1) is 12.5 Å². The largest absolute Gasteiger partial charge is 0.391 e. The number of hydrogen-bond acceptors (Lipinski definition) is 3. The highest BCUT2D eigenvalue weighted by molar-refractivity contribution is 7.07. The molecule has 1 fully saturated rings. The zero-order valence-electron chi connectivity index (χ0n) is 11.3. The molecule has 21 heavy (non-hydrogen) atoms. The lowest BCUT2D eigenvalue weighted by molar-refractivity contribution is -0.184. The first-order valence-corrected chi connectivity index (χ1v) is 7.72. The van der Waals surface area contributed by atoms with Crippen LogP contribution >= 0.6 is 11.3 Å². The minimum absolute atomic E-state index is 0.0186. The van der Waals surface area contributed by atoms with Crippen LogP contribution in [0.1, 0.15) is 37.8 Å². The lowest BCUT2D eigenvalue weighted by Gasteiger charge is -2.29. The van der Waals surface area contributed by atoms with Gasteiger partial charge in [0, 0.05) is 17.5 Å². The summed E-state index contributed by atoms with van der Waals surface area (Å²) < 4.78 is 37.6. The molecule has 0 aromatic carbocycles. The van der Waals surface area contributed by atoms with Crippen molar-refractivity contribution >= 4 is 17.2 Å². The average Bonchev–Trinajstić information content (AvgIpc) is 2.82. The number of amides is 1. The molecule has 118 valence electrons. The lowest BCUT2D eigenvalue weighted by atomic mass is 9.80. The smallest absolute Gasteiger partial charge is 0.350 e. The summed E-state index contributed by atoms with van der Waals surface area (Å²) in [5.41, 5.74) is 0.638. The van der Waals surface area contributed by atoms with E-state index in [2.05, 4.69) is 10.3 Å². The molecule has 1 aromatic heterocycles. The first-order valence-electron chi connectivity index (χ1n) is 6.84. The minimum atomic E-state index is -4.11. The molecule has 2 rings (SSSR count). The summed E-state index contributed by atoms with van der Waals surface area (Å²) in [5.74, 6) is -1.38. The molecule has 0 saturated heterocycles. The SMILES string of the molecule is O=C(CC1CCC(C(F)(F)F)CC1)NCc1csc(=O)[nH]1. The normalized spacial score (nSPS) is 23.0. The number of rotatable bonds is 4. The van der Waals surface area contributed by atoms with E-state index in [1.165, 1.54) is 0 Å². The van der Waals surface area contributed by atoms with Crippen LogP contribution in [0.15, 0.2) is 10.2 Å². The quantitative estimate of drug-likeness (QED) is 0.895. The summed E-state index contributed by atoms with van der Waals surface area (Å²) in [5, 5.41) is 4.31. The molecule has 1 aliphatic carbocycles. The maximum Gasteiger partial charge on any atom is 0.391 e. The second-order valence-corrected chi connectivity index (χ2v) is 6.26. The lowest BCUT2D eigenvalue weighted by Crippen LogP contribution is -2.30. The number of halogens is 3. The first-order chi connectivity index (χ1) is 9.84. The number of carbonyl (C=O) groups excluding carboxylic acids is 1. The van der Waals surface area contributed by atoms with Crippen LogP contribution in [0.2, 0.25) is 0 Å². The standard InChI is InChI=1S/C13H17F3N2O2S/c14-13(15,16)9-3-1-8(2-4-9)5-11(19)17-6-10-7-21-12(20)18-10/h7-9H,1-6H2,(H,17,19)(H,18,20). The van der Waals surface area contributed by atoms with Gasteiger partial charge in [-0.3, -0.25) is 9.59 Å². The van der Waals surface area contributed by atoms with Crippen LogP contribution in [0.25, 0.3) is 0 Å². The van der Waals surface area contributed by atoms with Gasteiger partial charge in [-0.25, -0.2) is 0 Å². The van der Waals surface area contributed by atoms with E-state index < -0.39 is 12.1 Å². The Labute approximate surface area is 123 Å². The molecule has 0 radical (unpaired) electrons. The molecule has 0 aliphatic heterocycles. The van der Waals surface area contributed by atoms with Crippen LogP contribution in [-0.4, -0.2) is 17.1 Å². The Balaban J connectivity index is 1.71. The van der Waals surface area contributed by atoms with Crippen LogP contribution in [-0.2, 0) is 11.3 Å². The van der Waals surface area contributed by atoms with Gasteiger partial charge in [-0.15, -0.1) is 0 Å². The van der Waals surface area contributed by atoms with Gasteiger partial charge < -0.3 is 10.3 Å². The van der Waals surface area contributed by atoms with Gasteiger partial charge in [-0.05, 0) is 31.6 Å². The van der Waals surface area contributed by atoms with Crippen molar-refractivity contribution in [3.05, 3.63) is 20.7 Å². The molecular weight excluding hydrogens is 305 g/mol. The van der Waals surface area contributed by atoms with E-state index in [0.29, 0.717) is 18.5 Å². The zero-order chi connectivity index (χ0) is 15.5. The fourth-order valence-electron chi connectivity index (χ4n) is 2.62. The summed E-state index contributed by atoms with van der Waals surface area (Å²) in [7, 11) is 0. The van der Waals surface area contributed by atoms with Gasteiger partial charge in [0.1, 0.15) is 0 Å². The van der Waals surface area contributed by atoms with Crippen molar-refractivity contribution in [1.29, 1.82) is 0 Å².